The molecule has 106 valence electrons. The molecule has 0 saturated carbocycles. The Morgan fingerprint density at radius 1 is 1.15 bits per heavy atom. The predicted octanol–water partition coefficient (Wildman–Crippen LogP) is 3.02. The Hall–Kier alpha value is -1.43. The number of nitrogens with two attached hydrogens (primary N) is 1. The van der Waals surface area contributed by atoms with Crippen molar-refractivity contribution in [1.29, 1.82) is 0 Å². The highest BCUT2D eigenvalue weighted by Crippen LogP contribution is 2.29. The van der Waals surface area contributed by atoms with Crippen molar-refractivity contribution in [2.75, 3.05) is 7.11 Å². The Morgan fingerprint density at radius 3 is 2.35 bits per heavy atom. The van der Waals surface area contributed by atoms with Gasteiger partial charge < -0.3 is 4.74 Å². The lowest BCUT2D eigenvalue weighted by Crippen LogP contribution is -2.29. The van der Waals surface area contributed by atoms with Gasteiger partial charge in [-0.25, -0.2) is 5.43 Å². The van der Waals surface area contributed by atoms with Gasteiger partial charge in [0.1, 0.15) is 5.75 Å². The lowest BCUT2D eigenvalue weighted by Gasteiger charge is -2.19. The Balaban J connectivity index is 2.46. The number of pyridine rings is 1. The Labute approximate surface area is 127 Å². The fourth-order valence-corrected chi connectivity index (χ4v) is 2.46. The molecule has 0 radical (unpaired) electrons. The summed E-state index contributed by atoms with van der Waals surface area (Å²) in [7, 11) is 1.62. The number of nitrogens with one attached hydrogen (secondary N) is 1. The first kappa shape index (κ1) is 15.0. The molecule has 0 saturated heterocycles. The highest BCUT2D eigenvalue weighted by Gasteiger charge is 2.15. The fourth-order valence-electron chi connectivity index (χ4n) is 2.24. The summed E-state index contributed by atoms with van der Waals surface area (Å²) >= 11 is 3.58. The minimum Gasteiger partial charge on any atom is -0.495 e. The molecular weight excluding hydrogens is 318 g/mol. The van der Waals surface area contributed by atoms with E-state index in [1.807, 2.05) is 6.07 Å². The van der Waals surface area contributed by atoms with Gasteiger partial charge >= 0.3 is 0 Å². The van der Waals surface area contributed by atoms with Crippen molar-refractivity contribution < 1.29 is 4.74 Å². The highest BCUT2D eigenvalue weighted by molar-refractivity contribution is 9.10. The number of benzene rings is 1. The van der Waals surface area contributed by atoms with Crippen LogP contribution in [0, 0.1) is 13.8 Å². The van der Waals surface area contributed by atoms with Crippen LogP contribution in [0.4, 0.5) is 0 Å². The SMILES string of the molecule is COc1cncc(C(NN)c2cc(C)c(Br)c(C)c2)c1. The summed E-state index contributed by atoms with van der Waals surface area (Å²) in [5.41, 5.74) is 7.27. The summed E-state index contributed by atoms with van der Waals surface area (Å²) in [6.07, 6.45) is 3.47. The summed E-state index contributed by atoms with van der Waals surface area (Å²) in [5.74, 6) is 6.45. The fraction of sp³-hybridized carbons (Fsp3) is 0.267. The average molecular weight is 336 g/mol. The zero-order valence-corrected chi connectivity index (χ0v) is 13.4. The Bertz CT molecular complexity index is 593. The van der Waals surface area contributed by atoms with Crippen molar-refractivity contribution in [3.8, 4) is 5.75 Å². The summed E-state index contributed by atoms with van der Waals surface area (Å²) in [4.78, 5) is 4.18. The van der Waals surface area contributed by atoms with Gasteiger partial charge in [-0.15, -0.1) is 0 Å². The number of ether oxygens (including phenoxy) is 1. The van der Waals surface area contributed by atoms with Crippen molar-refractivity contribution in [2.45, 2.75) is 19.9 Å². The van der Waals surface area contributed by atoms with Gasteiger partial charge in [-0.1, -0.05) is 28.1 Å². The third-order valence-electron chi connectivity index (χ3n) is 3.26. The van der Waals surface area contributed by atoms with E-state index in [1.54, 1.807) is 19.5 Å². The van der Waals surface area contributed by atoms with Gasteiger partial charge in [0.05, 0.1) is 19.3 Å². The van der Waals surface area contributed by atoms with Crippen molar-refractivity contribution in [2.24, 2.45) is 5.84 Å². The van der Waals surface area contributed by atoms with E-state index >= 15 is 0 Å². The maximum atomic E-state index is 5.74. The number of halogens is 1. The minimum absolute atomic E-state index is 0.122. The van der Waals surface area contributed by atoms with Crippen LogP contribution in [0.5, 0.6) is 5.75 Å². The van der Waals surface area contributed by atoms with Gasteiger partial charge in [-0.2, -0.15) is 0 Å². The van der Waals surface area contributed by atoms with E-state index in [4.69, 9.17) is 10.6 Å². The number of aryl methyl sites for hydroxylation is 2. The molecular formula is C15H18BrN3O. The van der Waals surface area contributed by atoms with E-state index in [1.165, 1.54) is 11.1 Å². The van der Waals surface area contributed by atoms with Crippen LogP contribution in [0.1, 0.15) is 28.3 Å². The maximum Gasteiger partial charge on any atom is 0.137 e. The van der Waals surface area contributed by atoms with Gasteiger partial charge in [0.2, 0.25) is 0 Å². The molecule has 3 N–H and O–H groups in total. The largest absolute Gasteiger partial charge is 0.495 e. The van der Waals surface area contributed by atoms with Gasteiger partial charge in [-0.3, -0.25) is 10.8 Å². The number of hydrogen-bond acceptors (Lipinski definition) is 4. The van der Waals surface area contributed by atoms with Gasteiger partial charge in [0, 0.05) is 10.7 Å². The van der Waals surface area contributed by atoms with E-state index in [0.29, 0.717) is 5.75 Å². The van der Waals surface area contributed by atoms with Crippen LogP contribution in [-0.2, 0) is 0 Å². The van der Waals surface area contributed by atoms with Crippen LogP contribution in [0.15, 0.2) is 35.1 Å². The second-order valence-corrected chi connectivity index (χ2v) is 5.52. The smallest absolute Gasteiger partial charge is 0.137 e. The molecule has 0 spiro atoms. The molecule has 0 aliphatic heterocycles. The first-order chi connectivity index (χ1) is 9.56. The summed E-state index contributed by atoms with van der Waals surface area (Å²) in [6.45, 7) is 4.13. The van der Waals surface area contributed by atoms with E-state index in [0.717, 1.165) is 15.6 Å². The molecule has 5 heteroatoms. The third kappa shape index (κ3) is 3.00. The molecule has 1 atom stereocenters. The van der Waals surface area contributed by atoms with Crippen molar-refractivity contribution >= 4 is 15.9 Å². The molecule has 0 bridgehead atoms. The zero-order chi connectivity index (χ0) is 14.7. The molecule has 2 aromatic rings. The topological polar surface area (TPSA) is 60.2 Å². The molecule has 4 nitrogen and oxygen atoms in total. The highest BCUT2D eigenvalue weighted by atomic mass is 79.9. The van der Waals surface area contributed by atoms with Crippen LogP contribution in [0.3, 0.4) is 0 Å². The maximum absolute atomic E-state index is 5.74. The van der Waals surface area contributed by atoms with Gasteiger partial charge in [-0.05, 0) is 42.2 Å². The van der Waals surface area contributed by atoms with E-state index < -0.39 is 0 Å². The monoisotopic (exact) mass is 335 g/mol. The number of aromatic nitrogens is 1. The van der Waals surface area contributed by atoms with Crippen LogP contribution < -0.4 is 16.0 Å². The zero-order valence-electron chi connectivity index (χ0n) is 11.8. The van der Waals surface area contributed by atoms with E-state index in [2.05, 4.69) is 52.3 Å². The van der Waals surface area contributed by atoms with Crippen molar-refractivity contribution in [1.82, 2.24) is 10.4 Å². The second-order valence-electron chi connectivity index (χ2n) is 4.73. The predicted molar refractivity (Wildman–Crippen MR) is 83.6 cm³/mol. The normalized spacial score (nSPS) is 12.2. The molecule has 1 unspecified atom stereocenters. The number of hydrazine groups is 1. The Morgan fingerprint density at radius 2 is 1.80 bits per heavy atom. The average Bonchev–Trinajstić information content (AvgIpc) is 2.45. The van der Waals surface area contributed by atoms with Crippen LogP contribution in [0.2, 0.25) is 0 Å². The molecule has 0 aliphatic carbocycles. The lowest BCUT2D eigenvalue weighted by molar-refractivity contribution is 0.411. The van der Waals surface area contributed by atoms with Crippen molar-refractivity contribution in [3.05, 3.63) is 57.3 Å². The molecule has 0 amide bonds. The first-order valence-corrected chi connectivity index (χ1v) is 7.07. The summed E-state index contributed by atoms with van der Waals surface area (Å²) < 4.78 is 6.34. The molecule has 1 aromatic heterocycles. The molecule has 0 aliphatic rings. The minimum atomic E-state index is -0.122. The quantitative estimate of drug-likeness (QED) is 0.666. The second kappa shape index (κ2) is 6.35. The standard InChI is InChI=1S/C15H18BrN3O/c1-9-4-11(5-10(2)14(9)16)15(19-17)12-6-13(20-3)8-18-7-12/h4-8,15,19H,17H2,1-3H3. The number of rotatable bonds is 4. The molecule has 20 heavy (non-hydrogen) atoms. The lowest BCUT2D eigenvalue weighted by atomic mass is 9.97. The third-order valence-corrected chi connectivity index (χ3v) is 4.51. The molecule has 0 fully saturated rings. The van der Waals surface area contributed by atoms with E-state index in [-0.39, 0.29) is 6.04 Å². The molecule has 1 heterocycles. The molecule has 1 aromatic carbocycles. The van der Waals surface area contributed by atoms with Crippen LogP contribution in [0.25, 0.3) is 0 Å². The summed E-state index contributed by atoms with van der Waals surface area (Å²) in [6, 6.07) is 6.04. The first-order valence-electron chi connectivity index (χ1n) is 6.28. The number of methoxy groups -OCH3 is 1. The van der Waals surface area contributed by atoms with Gasteiger partial charge in [0.15, 0.2) is 0 Å². The van der Waals surface area contributed by atoms with E-state index in [9.17, 15) is 0 Å². The van der Waals surface area contributed by atoms with Crippen LogP contribution in [-0.4, -0.2) is 12.1 Å². The number of hydrogen-bond donors (Lipinski definition) is 2. The number of nitrogens with zero attached hydrogens (tertiary/aromatic N) is 1. The summed E-state index contributed by atoms with van der Waals surface area (Å²) in [5, 5.41) is 0. The van der Waals surface area contributed by atoms with Crippen molar-refractivity contribution in [3.63, 3.8) is 0 Å². The molecule has 2 rings (SSSR count). The van der Waals surface area contributed by atoms with Gasteiger partial charge in [0.25, 0.3) is 0 Å². The Kier molecular flexibility index (Phi) is 4.75. The van der Waals surface area contributed by atoms with Crippen LogP contribution >= 0.6 is 15.9 Å².